The van der Waals surface area contributed by atoms with Crippen molar-refractivity contribution in [3.05, 3.63) is 92.1 Å². The molecule has 1 aromatic heterocycles. The predicted molar refractivity (Wildman–Crippen MR) is 108 cm³/mol. The van der Waals surface area contributed by atoms with E-state index in [2.05, 4.69) is 5.32 Å². The second kappa shape index (κ2) is 8.37. The highest BCUT2D eigenvalue weighted by atomic mass is 35.5. The minimum Gasteiger partial charge on any atom is -0.478 e. The van der Waals surface area contributed by atoms with Gasteiger partial charge in [-0.3, -0.25) is 4.79 Å². The van der Waals surface area contributed by atoms with Crippen molar-refractivity contribution in [3.63, 3.8) is 0 Å². The van der Waals surface area contributed by atoms with Crippen LogP contribution in [0.3, 0.4) is 0 Å². The summed E-state index contributed by atoms with van der Waals surface area (Å²) in [5.74, 6) is -1.12. The maximum absolute atomic E-state index is 12.7. The van der Waals surface area contributed by atoms with Gasteiger partial charge in [0.1, 0.15) is 0 Å². The van der Waals surface area contributed by atoms with Crippen LogP contribution in [0.25, 0.3) is 0 Å². The van der Waals surface area contributed by atoms with Crippen molar-refractivity contribution in [1.82, 2.24) is 5.32 Å². The summed E-state index contributed by atoms with van der Waals surface area (Å²) in [5.41, 5.74) is 3.72. The van der Waals surface area contributed by atoms with Crippen LogP contribution in [0, 0.1) is 0 Å². The smallest absolute Gasteiger partial charge is 0.335 e. The highest BCUT2D eigenvalue weighted by molar-refractivity contribution is 7.08. The third kappa shape index (κ3) is 4.76. The van der Waals surface area contributed by atoms with Crippen molar-refractivity contribution >= 4 is 34.8 Å². The van der Waals surface area contributed by atoms with Crippen LogP contribution < -0.4 is 5.32 Å². The molecular weight excluding hydrogens is 382 g/mol. The fourth-order valence-corrected chi connectivity index (χ4v) is 3.85. The summed E-state index contributed by atoms with van der Waals surface area (Å²) in [6.45, 7) is 1.87. The van der Waals surface area contributed by atoms with Crippen molar-refractivity contribution in [3.8, 4) is 0 Å². The van der Waals surface area contributed by atoms with E-state index >= 15 is 0 Å². The Balaban J connectivity index is 1.71. The Hall–Kier alpha value is -2.63. The number of benzene rings is 2. The first-order chi connectivity index (χ1) is 12.9. The summed E-state index contributed by atoms with van der Waals surface area (Å²) < 4.78 is 0. The van der Waals surface area contributed by atoms with E-state index in [1.54, 1.807) is 12.1 Å². The number of carbonyl (C=O) groups is 2. The molecule has 4 nitrogen and oxygen atoms in total. The zero-order chi connectivity index (χ0) is 19.4. The van der Waals surface area contributed by atoms with E-state index in [0.29, 0.717) is 17.0 Å². The Kier molecular flexibility index (Phi) is 5.94. The first kappa shape index (κ1) is 19.1. The molecule has 2 aromatic carbocycles. The molecular formula is C21H18ClNO3S. The summed E-state index contributed by atoms with van der Waals surface area (Å²) in [7, 11) is 0. The summed E-state index contributed by atoms with van der Waals surface area (Å²) >= 11 is 7.53. The molecule has 6 heteroatoms. The first-order valence-corrected chi connectivity index (χ1v) is 9.69. The van der Waals surface area contributed by atoms with Gasteiger partial charge in [0, 0.05) is 10.4 Å². The molecule has 1 amide bonds. The molecule has 2 N–H and O–H groups in total. The Labute approximate surface area is 166 Å². The van der Waals surface area contributed by atoms with Crippen LogP contribution in [0.5, 0.6) is 0 Å². The average molecular weight is 400 g/mol. The molecule has 0 aliphatic rings. The van der Waals surface area contributed by atoms with Crippen LogP contribution in [0.15, 0.2) is 59.3 Å². The van der Waals surface area contributed by atoms with Gasteiger partial charge in [-0.05, 0) is 59.7 Å². The molecule has 1 atom stereocenters. The van der Waals surface area contributed by atoms with Gasteiger partial charge in [0.2, 0.25) is 0 Å². The van der Waals surface area contributed by atoms with Gasteiger partial charge < -0.3 is 10.4 Å². The Morgan fingerprint density at radius 3 is 2.56 bits per heavy atom. The molecule has 0 saturated heterocycles. The van der Waals surface area contributed by atoms with Gasteiger partial charge in [-0.1, -0.05) is 35.9 Å². The van der Waals surface area contributed by atoms with E-state index in [4.69, 9.17) is 16.7 Å². The van der Waals surface area contributed by atoms with Crippen molar-refractivity contribution in [2.75, 3.05) is 0 Å². The molecule has 3 rings (SSSR count). The Morgan fingerprint density at radius 1 is 1.15 bits per heavy atom. The summed E-state index contributed by atoms with van der Waals surface area (Å²) in [6.07, 6.45) is 0.633. The molecule has 1 heterocycles. The molecule has 3 aromatic rings. The van der Waals surface area contributed by atoms with Crippen LogP contribution in [0.4, 0.5) is 0 Å². The number of carbonyl (C=O) groups excluding carboxylic acids is 1. The zero-order valence-corrected chi connectivity index (χ0v) is 16.2. The minimum absolute atomic E-state index is 0.150. The number of hydrogen-bond acceptors (Lipinski definition) is 3. The number of hydrogen-bond donors (Lipinski definition) is 2. The SMILES string of the molecule is CC(NC(=O)c1cscc1Cc1cccc(Cl)c1)c1ccc(C(=O)O)cc1. The van der Waals surface area contributed by atoms with Crippen LogP contribution in [0.1, 0.15) is 50.4 Å². The second-order valence-electron chi connectivity index (χ2n) is 6.24. The van der Waals surface area contributed by atoms with Gasteiger partial charge >= 0.3 is 5.97 Å². The van der Waals surface area contributed by atoms with Gasteiger partial charge in [0.05, 0.1) is 17.2 Å². The predicted octanol–water partition coefficient (Wildman–Crippen LogP) is 5.18. The molecule has 0 aliphatic carbocycles. The lowest BCUT2D eigenvalue weighted by atomic mass is 10.0. The molecule has 1 unspecified atom stereocenters. The Bertz CT molecular complexity index is 966. The van der Waals surface area contributed by atoms with E-state index in [0.717, 1.165) is 16.7 Å². The monoisotopic (exact) mass is 399 g/mol. The third-order valence-electron chi connectivity index (χ3n) is 4.28. The van der Waals surface area contributed by atoms with Gasteiger partial charge in [0.25, 0.3) is 5.91 Å². The lowest BCUT2D eigenvalue weighted by Crippen LogP contribution is -2.27. The molecule has 0 aliphatic heterocycles. The van der Waals surface area contributed by atoms with E-state index < -0.39 is 5.97 Å². The number of amides is 1. The van der Waals surface area contributed by atoms with Gasteiger partial charge in [0.15, 0.2) is 0 Å². The molecule has 0 bridgehead atoms. The summed E-state index contributed by atoms with van der Waals surface area (Å²) in [5, 5.41) is 16.4. The molecule has 27 heavy (non-hydrogen) atoms. The maximum Gasteiger partial charge on any atom is 0.335 e. The lowest BCUT2D eigenvalue weighted by molar-refractivity contribution is 0.0696. The van der Waals surface area contributed by atoms with E-state index in [1.807, 2.05) is 41.9 Å². The van der Waals surface area contributed by atoms with Crippen molar-refractivity contribution in [2.45, 2.75) is 19.4 Å². The number of nitrogens with one attached hydrogen (secondary N) is 1. The second-order valence-corrected chi connectivity index (χ2v) is 7.42. The summed E-state index contributed by atoms with van der Waals surface area (Å²) in [4.78, 5) is 23.7. The normalized spacial score (nSPS) is 11.8. The molecule has 0 radical (unpaired) electrons. The van der Waals surface area contributed by atoms with Crippen LogP contribution in [-0.2, 0) is 6.42 Å². The van der Waals surface area contributed by atoms with Crippen molar-refractivity contribution < 1.29 is 14.7 Å². The fraction of sp³-hybridized carbons (Fsp3) is 0.143. The zero-order valence-electron chi connectivity index (χ0n) is 14.6. The van der Waals surface area contributed by atoms with E-state index in [9.17, 15) is 9.59 Å². The largest absolute Gasteiger partial charge is 0.478 e. The highest BCUT2D eigenvalue weighted by Crippen LogP contribution is 2.22. The molecule has 138 valence electrons. The van der Waals surface area contributed by atoms with Crippen molar-refractivity contribution in [1.29, 1.82) is 0 Å². The topological polar surface area (TPSA) is 66.4 Å². The molecule has 0 fully saturated rings. The van der Waals surface area contributed by atoms with Gasteiger partial charge in [-0.25, -0.2) is 4.79 Å². The summed E-state index contributed by atoms with van der Waals surface area (Å²) in [6, 6.07) is 13.9. The van der Waals surface area contributed by atoms with Gasteiger partial charge in [-0.15, -0.1) is 0 Å². The maximum atomic E-state index is 12.7. The van der Waals surface area contributed by atoms with E-state index in [1.165, 1.54) is 23.5 Å². The van der Waals surface area contributed by atoms with Gasteiger partial charge in [-0.2, -0.15) is 11.3 Å². The number of rotatable bonds is 6. The van der Waals surface area contributed by atoms with Crippen LogP contribution in [-0.4, -0.2) is 17.0 Å². The van der Waals surface area contributed by atoms with E-state index in [-0.39, 0.29) is 17.5 Å². The quantitative estimate of drug-likeness (QED) is 0.600. The molecule has 0 spiro atoms. The number of thiophene rings is 1. The number of halogens is 1. The molecule has 0 saturated carbocycles. The van der Waals surface area contributed by atoms with Crippen LogP contribution >= 0.6 is 22.9 Å². The minimum atomic E-state index is -0.970. The number of aromatic carboxylic acids is 1. The van der Waals surface area contributed by atoms with Crippen LogP contribution in [0.2, 0.25) is 5.02 Å². The number of carboxylic acids is 1. The number of carboxylic acid groups (broad SMARTS) is 1. The van der Waals surface area contributed by atoms with Crippen molar-refractivity contribution in [2.24, 2.45) is 0 Å². The fourth-order valence-electron chi connectivity index (χ4n) is 2.80. The third-order valence-corrected chi connectivity index (χ3v) is 5.30. The average Bonchev–Trinajstić information content (AvgIpc) is 3.10. The first-order valence-electron chi connectivity index (χ1n) is 8.37. The lowest BCUT2D eigenvalue weighted by Gasteiger charge is -2.15. The standard InChI is InChI=1S/C21H18ClNO3S/c1-13(15-5-7-16(8-6-15)21(25)26)23-20(24)19-12-27-11-17(19)9-14-3-2-4-18(22)10-14/h2-8,10-13H,9H2,1H3,(H,23,24)(H,25,26). The Morgan fingerprint density at radius 2 is 1.89 bits per heavy atom. The highest BCUT2D eigenvalue weighted by Gasteiger charge is 2.16.